The molecule has 1 rings (SSSR count). The van der Waals surface area contributed by atoms with Crippen LogP contribution < -0.4 is 0 Å². The van der Waals surface area contributed by atoms with E-state index in [9.17, 15) is 9.90 Å². The van der Waals surface area contributed by atoms with Crippen molar-refractivity contribution in [2.45, 2.75) is 70.8 Å². The standard InChI is InChI=1S/C16H26O3/c1-3-4-5-6-7-8-9-10-11-12-14-15(17)13(2)19-16(14)18/h12,15,17H,2-11H2,1H3. The number of hydrogen-bond acceptors (Lipinski definition) is 3. The van der Waals surface area contributed by atoms with Crippen molar-refractivity contribution in [3.63, 3.8) is 0 Å². The number of aliphatic hydroxyl groups is 1. The monoisotopic (exact) mass is 266 g/mol. The summed E-state index contributed by atoms with van der Waals surface area (Å²) < 4.78 is 4.77. The molecule has 0 radical (unpaired) electrons. The Hall–Kier alpha value is -1.09. The Kier molecular flexibility index (Phi) is 7.49. The van der Waals surface area contributed by atoms with Crippen LogP contribution in [0.25, 0.3) is 0 Å². The van der Waals surface area contributed by atoms with Gasteiger partial charge in [-0.2, -0.15) is 0 Å². The largest absolute Gasteiger partial charge is 0.425 e. The summed E-state index contributed by atoms with van der Waals surface area (Å²) in [7, 11) is 0. The van der Waals surface area contributed by atoms with Crippen molar-refractivity contribution in [2.24, 2.45) is 0 Å². The maximum atomic E-state index is 11.4. The molecule has 1 unspecified atom stereocenters. The molecule has 108 valence electrons. The third-order valence-electron chi connectivity index (χ3n) is 3.48. The van der Waals surface area contributed by atoms with E-state index in [4.69, 9.17) is 4.74 Å². The molecule has 1 N–H and O–H groups in total. The summed E-state index contributed by atoms with van der Waals surface area (Å²) in [5, 5.41) is 9.64. The Balaban J connectivity index is 2.07. The summed E-state index contributed by atoms with van der Waals surface area (Å²) in [6, 6.07) is 0. The summed E-state index contributed by atoms with van der Waals surface area (Å²) in [4.78, 5) is 11.4. The van der Waals surface area contributed by atoms with Gasteiger partial charge in [-0.05, 0) is 12.8 Å². The number of carbonyl (C=O) groups excluding carboxylic acids is 1. The zero-order valence-electron chi connectivity index (χ0n) is 12.0. The zero-order valence-corrected chi connectivity index (χ0v) is 12.0. The number of rotatable bonds is 9. The van der Waals surface area contributed by atoms with Crippen LogP contribution in [-0.4, -0.2) is 17.2 Å². The molecule has 3 nitrogen and oxygen atoms in total. The first-order valence-electron chi connectivity index (χ1n) is 7.46. The van der Waals surface area contributed by atoms with Gasteiger partial charge in [0.25, 0.3) is 0 Å². The Morgan fingerprint density at radius 1 is 1.16 bits per heavy atom. The van der Waals surface area contributed by atoms with Crippen molar-refractivity contribution in [3.8, 4) is 0 Å². The fraction of sp³-hybridized carbons (Fsp3) is 0.688. The number of unbranched alkanes of at least 4 members (excludes halogenated alkanes) is 8. The zero-order chi connectivity index (χ0) is 14.1. The third-order valence-corrected chi connectivity index (χ3v) is 3.48. The maximum absolute atomic E-state index is 11.4. The first-order valence-corrected chi connectivity index (χ1v) is 7.46. The van der Waals surface area contributed by atoms with Gasteiger partial charge in [-0.15, -0.1) is 0 Å². The van der Waals surface area contributed by atoms with Crippen molar-refractivity contribution < 1.29 is 14.6 Å². The first-order chi connectivity index (χ1) is 9.16. The average Bonchev–Trinajstić information content (AvgIpc) is 2.63. The highest BCUT2D eigenvalue weighted by molar-refractivity contribution is 5.93. The molecule has 0 aromatic rings. The molecular formula is C16H26O3. The highest BCUT2D eigenvalue weighted by atomic mass is 16.6. The van der Waals surface area contributed by atoms with E-state index in [-0.39, 0.29) is 5.76 Å². The number of cyclic esters (lactones) is 1. The van der Waals surface area contributed by atoms with Crippen molar-refractivity contribution in [1.82, 2.24) is 0 Å². The van der Waals surface area contributed by atoms with Gasteiger partial charge in [0, 0.05) is 0 Å². The Labute approximate surface area is 116 Å². The fourth-order valence-corrected chi connectivity index (χ4v) is 2.25. The van der Waals surface area contributed by atoms with Crippen LogP contribution in [-0.2, 0) is 9.53 Å². The lowest BCUT2D eigenvalue weighted by atomic mass is 10.1. The van der Waals surface area contributed by atoms with Gasteiger partial charge in [-0.25, -0.2) is 4.79 Å². The van der Waals surface area contributed by atoms with E-state index in [2.05, 4.69) is 13.5 Å². The number of aliphatic hydroxyl groups excluding tert-OH is 1. The number of esters is 1. The average molecular weight is 266 g/mol. The van der Waals surface area contributed by atoms with Crippen LogP contribution in [0.15, 0.2) is 24.0 Å². The van der Waals surface area contributed by atoms with Gasteiger partial charge >= 0.3 is 5.97 Å². The van der Waals surface area contributed by atoms with Crippen LogP contribution >= 0.6 is 0 Å². The van der Waals surface area contributed by atoms with Gasteiger partial charge in [0.05, 0.1) is 5.57 Å². The Morgan fingerprint density at radius 2 is 1.74 bits per heavy atom. The molecule has 1 saturated heterocycles. The molecule has 1 aliphatic heterocycles. The molecule has 1 aliphatic rings. The molecule has 0 amide bonds. The highest BCUT2D eigenvalue weighted by Gasteiger charge is 2.32. The minimum Gasteiger partial charge on any atom is -0.425 e. The van der Waals surface area contributed by atoms with E-state index in [0.29, 0.717) is 5.57 Å². The van der Waals surface area contributed by atoms with Crippen LogP contribution in [0.3, 0.4) is 0 Å². The van der Waals surface area contributed by atoms with E-state index >= 15 is 0 Å². The van der Waals surface area contributed by atoms with Crippen LogP contribution in [0.1, 0.15) is 64.7 Å². The summed E-state index contributed by atoms with van der Waals surface area (Å²) in [5.74, 6) is -0.302. The molecule has 3 heteroatoms. The predicted octanol–water partition coefficient (Wildman–Crippen LogP) is 3.88. The van der Waals surface area contributed by atoms with E-state index in [1.165, 1.54) is 44.9 Å². The lowest BCUT2D eigenvalue weighted by Gasteiger charge is -2.01. The quantitative estimate of drug-likeness (QED) is 0.391. The minimum atomic E-state index is -0.929. The fourth-order valence-electron chi connectivity index (χ4n) is 2.25. The van der Waals surface area contributed by atoms with Gasteiger partial charge < -0.3 is 9.84 Å². The van der Waals surface area contributed by atoms with Gasteiger partial charge in [-0.3, -0.25) is 0 Å². The lowest BCUT2D eigenvalue weighted by Crippen LogP contribution is -2.07. The molecule has 0 aromatic carbocycles. The summed E-state index contributed by atoms with van der Waals surface area (Å²) >= 11 is 0. The van der Waals surface area contributed by atoms with E-state index < -0.39 is 12.1 Å². The number of carbonyl (C=O) groups is 1. The molecule has 1 atom stereocenters. The van der Waals surface area contributed by atoms with Crippen LogP contribution in [0.4, 0.5) is 0 Å². The van der Waals surface area contributed by atoms with E-state index in [1.54, 1.807) is 6.08 Å². The molecule has 19 heavy (non-hydrogen) atoms. The van der Waals surface area contributed by atoms with E-state index in [0.717, 1.165) is 12.8 Å². The number of ether oxygens (including phenoxy) is 1. The van der Waals surface area contributed by atoms with Crippen molar-refractivity contribution in [3.05, 3.63) is 24.0 Å². The SMILES string of the molecule is C=C1OC(=O)C(=CCCCCCCCCCC)C1O. The van der Waals surface area contributed by atoms with Gasteiger partial charge in [-0.1, -0.05) is 64.5 Å². The second kappa shape index (κ2) is 8.92. The first kappa shape index (κ1) is 16.0. The Morgan fingerprint density at radius 3 is 2.26 bits per heavy atom. The second-order valence-corrected chi connectivity index (χ2v) is 5.18. The topological polar surface area (TPSA) is 46.5 Å². The molecular weight excluding hydrogens is 240 g/mol. The molecule has 0 aliphatic carbocycles. The summed E-state index contributed by atoms with van der Waals surface area (Å²) in [6.07, 6.45) is 11.8. The summed E-state index contributed by atoms with van der Waals surface area (Å²) in [5.41, 5.74) is 0.355. The Bertz CT molecular complexity index is 331. The molecule has 0 bridgehead atoms. The summed E-state index contributed by atoms with van der Waals surface area (Å²) in [6.45, 7) is 5.72. The van der Waals surface area contributed by atoms with Crippen molar-refractivity contribution in [1.29, 1.82) is 0 Å². The van der Waals surface area contributed by atoms with Crippen LogP contribution in [0.2, 0.25) is 0 Å². The van der Waals surface area contributed by atoms with E-state index in [1.807, 2.05) is 0 Å². The van der Waals surface area contributed by atoms with Gasteiger partial charge in [0.2, 0.25) is 0 Å². The van der Waals surface area contributed by atoms with Crippen molar-refractivity contribution in [2.75, 3.05) is 0 Å². The van der Waals surface area contributed by atoms with Crippen LogP contribution in [0, 0.1) is 0 Å². The maximum Gasteiger partial charge on any atom is 0.341 e. The molecule has 0 spiro atoms. The molecule has 1 fully saturated rings. The van der Waals surface area contributed by atoms with Gasteiger partial charge in [0.1, 0.15) is 11.9 Å². The van der Waals surface area contributed by atoms with Crippen LogP contribution in [0.5, 0.6) is 0 Å². The van der Waals surface area contributed by atoms with Gasteiger partial charge in [0.15, 0.2) is 0 Å². The third kappa shape index (κ3) is 5.60. The number of allylic oxidation sites excluding steroid dienone is 1. The molecule has 0 saturated carbocycles. The lowest BCUT2D eigenvalue weighted by molar-refractivity contribution is -0.132. The minimum absolute atomic E-state index is 0.146. The normalized spacial score (nSPS) is 21.2. The molecule has 0 aromatic heterocycles. The number of hydrogen-bond donors (Lipinski definition) is 1. The smallest absolute Gasteiger partial charge is 0.341 e. The second-order valence-electron chi connectivity index (χ2n) is 5.18. The predicted molar refractivity (Wildman–Crippen MR) is 76.5 cm³/mol. The molecule has 1 heterocycles. The van der Waals surface area contributed by atoms with Crippen molar-refractivity contribution >= 4 is 5.97 Å². The highest BCUT2D eigenvalue weighted by Crippen LogP contribution is 2.23.